The molecule has 7 nitrogen and oxygen atoms in total. The number of aromatic nitrogens is 2. The Kier molecular flexibility index (Phi) is 6.83. The summed E-state index contributed by atoms with van der Waals surface area (Å²) < 4.78 is 5.24. The molecular formula is C19H20N4O3S2. The van der Waals surface area contributed by atoms with E-state index in [1.807, 2.05) is 35.7 Å². The van der Waals surface area contributed by atoms with Gasteiger partial charge in [-0.3, -0.25) is 9.59 Å². The number of anilines is 1. The minimum absolute atomic E-state index is 0.0976. The molecule has 2 aromatic heterocycles. The number of hydrogen-bond acceptors (Lipinski definition) is 7. The molecule has 0 aliphatic rings. The molecule has 0 unspecified atom stereocenters. The van der Waals surface area contributed by atoms with Crippen molar-refractivity contribution < 1.29 is 14.1 Å². The van der Waals surface area contributed by atoms with E-state index in [9.17, 15) is 9.59 Å². The minimum atomic E-state index is -0.122. The molecule has 0 spiro atoms. The van der Waals surface area contributed by atoms with Gasteiger partial charge in [0.25, 0.3) is 5.24 Å². The largest absolute Gasteiger partial charge is 0.339 e. The van der Waals surface area contributed by atoms with Gasteiger partial charge in [-0.05, 0) is 41.8 Å². The van der Waals surface area contributed by atoms with E-state index in [0.29, 0.717) is 41.6 Å². The van der Waals surface area contributed by atoms with Crippen molar-refractivity contribution in [3.63, 3.8) is 0 Å². The van der Waals surface area contributed by atoms with E-state index < -0.39 is 0 Å². The number of nitrogens with zero attached hydrogens (tertiary/aromatic N) is 3. The van der Waals surface area contributed by atoms with Crippen molar-refractivity contribution in [1.82, 2.24) is 15.0 Å². The van der Waals surface area contributed by atoms with Crippen LogP contribution in [0, 0.1) is 0 Å². The second kappa shape index (κ2) is 9.52. The Balaban J connectivity index is 1.50. The summed E-state index contributed by atoms with van der Waals surface area (Å²) in [6.07, 6.45) is 1.43. The number of carbonyl (C=O) groups is 2. The van der Waals surface area contributed by atoms with E-state index in [1.165, 1.54) is 4.90 Å². The summed E-state index contributed by atoms with van der Waals surface area (Å²) in [6.45, 7) is 0. The average Bonchev–Trinajstić information content (AvgIpc) is 3.34. The Hall–Kier alpha value is -2.65. The van der Waals surface area contributed by atoms with Gasteiger partial charge in [-0.2, -0.15) is 4.98 Å². The first-order valence-corrected chi connectivity index (χ1v) is 10.4. The van der Waals surface area contributed by atoms with Gasteiger partial charge < -0.3 is 14.7 Å². The Morgan fingerprint density at radius 2 is 2.04 bits per heavy atom. The average molecular weight is 417 g/mol. The van der Waals surface area contributed by atoms with Crippen molar-refractivity contribution in [2.45, 2.75) is 24.2 Å². The fourth-order valence-corrected chi connectivity index (χ4v) is 3.71. The summed E-state index contributed by atoms with van der Waals surface area (Å²) in [5, 5.41) is 8.69. The van der Waals surface area contributed by atoms with Gasteiger partial charge in [0.15, 0.2) is 0 Å². The van der Waals surface area contributed by atoms with E-state index in [-0.39, 0.29) is 11.1 Å². The number of carbonyl (C=O) groups excluding carboxylic acids is 2. The van der Waals surface area contributed by atoms with Crippen LogP contribution in [0.5, 0.6) is 0 Å². The standard InChI is InChI=1S/C19H20N4O3S2/c1-23(2)19(25)28-14-8-4-3-7-13(14)20-16(24)10-5-11-17-21-18(22-26-17)15-9-6-12-27-15/h3-4,6-9,12H,5,10-11H2,1-2H3,(H,20,24). The number of amides is 2. The molecule has 2 heterocycles. The maximum absolute atomic E-state index is 12.3. The number of benzene rings is 1. The van der Waals surface area contributed by atoms with Gasteiger partial charge in [-0.25, -0.2) is 0 Å². The van der Waals surface area contributed by atoms with E-state index in [4.69, 9.17) is 4.52 Å². The molecule has 0 aliphatic carbocycles. The summed E-state index contributed by atoms with van der Waals surface area (Å²) in [6, 6.07) is 11.1. The highest BCUT2D eigenvalue weighted by Gasteiger charge is 2.13. The summed E-state index contributed by atoms with van der Waals surface area (Å²) >= 11 is 2.63. The van der Waals surface area contributed by atoms with Gasteiger partial charge in [-0.15, -0.1) is 11.3 Å². The fourth-order valence-electron chi connectivity index (χ4n) is 2.32. The molecule has 0 saturated carbocycles. The lowest BCUT2D eigenvalue weighted by Gasteiger charge is -2.13. The van der Waals surface area contributed by atoms with Crippen LogP contribution in [0.25, 0.3) is 10.7 Å². The Labute approximate surface area is 171 Å². The SMILES string of the molecule is CN(C)C(=O)Sc1ccccc1NC(=O)CCCc1nc(-c2cccs2)no1. The third-order valence-electron chi connectivity index (χ3n) is 3.73. The van der Waals surface area contributed by atoms with E-state index in [2.05, 4.69) is 15.5 Å². The number of aryl methyl sites for hydroxylation is 1. The van der Waals surface area contributed by atoms with Gasteiger partial charge in [0.05, 0.1) is 10.6 Å². The molecule has 0 radical (unpaired) electrons. The van der Waals surface area contributed by atoms with Gasteiger partial charge in [0, 0.05) is 31.8 Å². The van der Waals surface area contributed by atoms with Crippen LogP contribution in [0.4, 0.5) is 10.5 Å². The molecule has 28 heavy (non-hydrogen) atoms. The molecule has 0 aliphatic heterocycles. The van der Waals surface area contributed by atoms with Crippen molar-refractivity contribution in [3.05, 3.63) is 47.7 Å². The normalized spacial score (nSPS) is 10.6. The van der Waals surface area contributed by atoms with Gasteiger partial charge in [-0.1, -0.05) is 23.4 Å². The summed E-state index contributed by atoms with van der Waals surface area (Å²) in [5.74, 6) is 0.970. The van der Waals surface area contributed by atoms with Crippen LogP contribution in [-0.4, -0.2) is 40.3 Å². The van der Waals surface area contributed by atoms with E-state index >= 15 is 0 Å². The molecule has 2 amide bonds. The molecule has 146 valence electrons. The molecular weight excluding hydrogens is 396 g/mol. The third kappa shape index (κ3) is 5.43. The molecule has 3 rings (SSSR count). The van der Waals surface area contributed by atoms with Gasteiger partial charge >= 0.3 is 0 Å². The van der Waals surface area contributed by atoms with Crippen LogP contribution < -0.4 is 5.32 Å². The van der Waals surface area contributed by atoms with Crippen LogP contribution in [0.2, 0.25) is 0 Å². The second-order valence-corrected chi connectivity index (χ2v) is 8.09. The van der Waals surface area contributed by atoms with Crippen molar-refractivity contribution in [3.8, 4) is 10.7 Å². The third-order valence-corrected chi connectivity index (χ3v) is 5.71. The lowest BCUT2D eigenvalue weighted by atomic mass is 10.2. The fraction of sp³-hybridized carbons (Fsp3) is 0.263. The lowest BCUT2D eigenvalue weighted by molar-refractivity contribution is -0.116. The minimum Gasteiger partial charge on any atom is -0.339 e. The van der Waals surface area contributed by atoms with Crippen molar-refractivity contribution in [2.24, 2.45) is 0 Å². The number of para-hydroxylation sites is 1. The number of thioether (sulfide) groups is 1. The van der Waals surface area contributed by atoms with Gasteiger partial charge in [0.2, 0.25) is 17.6 Å². The highest BCUT2D eigenvalue weighted by molar-refractivity contribution is 8.13. The van der Waals surface area contributed by atoms with E-state index in [0.717, 1.165) is 16.6 Å². The zero-order chi connectivity index (χ0) is 19.9. The second-order valence-electron chi connectivity index (χ2n) is 6.15. The zero-order valence-electron chi connectivity index (χ0n) is 15.5. The summed E-state index contributed by atoms with van der Waals surface area (Å²) in [7, 11) is 3.38. The topological polar surface area (TPSA) is 88.3 Å². The van der Waals surface area contributed by atoms with Crippen molar-refractivity contribution in [2.75, 3.05) is 19.4 Å². The predicted molar refractivity (Wildman–Crippen MR) is 111 cm³/mol. The zero-order valence-corrected chi connectivity index (χ0v) is 17.2. The maximum Gasteiger partial charge on any atom is 0.286 e. The molecule has 0 saturated heterocycles. The van der Waals surface area contributed by atoms with E-state index in [1.54, 1.807) is 31.5 Å². The van der Waals surface area contributed by atoms with Crippen molar-refractivity contribution >= 4 is 39.9 Å². The van der Waals surface area contributed by atoms with Crippen molar-refractivity contribution in [1.29, 1.82) is 0 Å². The van der Waals surface area contributed by atoms with Crippen LogP contribution in [-0.2, 0) is 11.2 Å². The van der Waals surface area contributed by atoms with Crippen LogP contribution in [0.3, 0.4) is 0 Å². The lowest BCUT2D eigenvalue weighted by Crippen LogP contribution is -2.17. The number of rotatable bonds is 7. The number of thiophene rings is 1. The smallest absolute Gasteiger partial charge is 0.286 e. The summed E-state index contributed by atoms with van der Waals surface area (Å²) in [5.41, 5.74) is 0.630. The molecule has 0 atom stereocenters. The first-order chi connectivity index (χ1) is 13.5. The highest BCUT2D eigenvalue weighted by Crippen LogP contribution is 2.28. The molecule has 0 fully saturated rings. The Bertz CT molecular complexity index is 938. The summed E-state index contributed by atoms with van der Waals surface area (Å²) in [4.78, 5) is 31.7. The van der Waals surface area contributed by atoms with Crippen LogP contribution >= 0.6 is 23.1 Å². The number of nitrogens with one attached hydrogen (secondary N) is 1. The Morgan fingerprint density at radius 3 is 2.79 bits per heavy atom. The highest BCUT2D eigenvalue weighted by atomic mass is 32.2. The monoisotopic (exact) mass is 416 g/mol. The van der Waals surface area contributed by atoms with Crippen LogP contribution in [0.1, 0.15) is 18.7 Å². The van der Waals surface area contributed by atoms with Gasteiger partial charge in [0.1, 0.15) is 0 Å². The molecule has 1 N–H and O–H groups in total. The first-order valence-electron chi connectivity index (χ1n) is 8.67. The predicted octanol–water partition coefficient (Wildman–Crippen LogP) is 4.53. The van der Waals surface area contributed by atoms with Crippen LogP contribution in [0.15, 0.2) is 51.2 Å². The molecule has 0 bridgehead atoms. The molecule has 9 heteroatoms. The Morgan fingerprint density at radius 1 is 1.21 bits per heavy atom. The number of hydrogen-bond donors (Lipinski definition) is 1. The quantitative estimate of drug-likeness (QED) is 0.569. The maximum atomic E-state index is 12.3. The molecule has 1 aromatic carbocycles. The first kappa shape index (κ1) is 20.1. The molecule has 3 aromatic rings.